The van der Waals surface area contributed by atoms with Crippen molar-refractivity contribution >= 4 is 5.91 Å². The normalized spacial score (nSPS) is 21.3. The average Bonchev–Trinajstić information content (AvgIpc) is 3.08. The number of amides is 1. The number of quaternary nitrogens is 1. The Morgan fingerprint density at radius 1 is 1.00 bits per heavy atom. The zero-order valence-corrected chi connectivity index (χ0v) is 18.8. The van der Waals surface area contributed by atoms with Crippen molar-refractivity contribution in [3.63, 3.8) is 0 Å². The molecular weight excluding hydrogens is 346 g/mol. The Hall–Kier alpha value is -1.29. The van der Waals surface area contributed by atoms with Gasteiger partial charge in [-0.15, -0.1) is 0 Å². The van der Waals surface area contributed by atoms with E-state index in [1.807, 2.05) is 0 Å². The van der Waals surface area contributed by atoms with E-state index < -0.39 is 0 Å². The van der Waals surface area contributed by atoms with Gasteiger partial charge in [0, 0.05) is 13.3 Å². The van der Waals surface area contributed by atoms with Crippen LogP contribution in [0.3, 0.4) is 0 Å². The van der Waals surface area contributed by atoms with Gasteiger partial charge in [0.05, 0.1) is 19.3 Å². The molecule has 1 amide bonds. The molecule has 2 unspecified atom stereocenters. The van der Waals surface area contributed by atoms with Crippen LogP contribution in [0.2, 0.25) is 0 Å². The van der Waals surface area contributed by atoms with Crippen molar-refractivity contribution < 1.29 is 9.28 Å². The van der Waals surface area contributed by atoms with Gasteiger partial charge in [0.1, 0.15) is 12.7 Å². The summed E-state index contributed by atoms with van der Waals surface area (Å²) in [5.41, 5.74) is 0. The zero-order valence-electron chi connectivity index (χ0n) is 18.8. The predicted molar refractivity (Wildman–Crippen MR) is 121 cm³/mol. The minimum absolute atomic E-state index is 0.0638. The second-order valence-electron chi connectivity index (χ2n) is 8.29. The first-order valence-electron chi connectivity index (χ1n) is 11.8. The monoisotopic (exact) mass is 392 g/mol. The molecule has 0 aromatic heterocycles. The van der Waals surface area contributed by atoms with Gasteiger partial charge >= 0.3 is 0 Å². The Morgan fingerprint density at radius 3 is 2.29 bits per heavy atom. The number of carbonyl (C=O) groups excluding carboxylic acids is 1. The number of nitrogens with zero attached hydrogens (tertiary/aromatic N) is 1. The molecule has 28 heavy (non-hydrogen) atoms. The SMILES string of the molecule is CCCCC/C=C/CCCCCCCCC1NC=C[N+]1(CC)CCNC(C)=O. The highest BCUT2D eigenvalue weighted by Crippen LogP contribution is 2.22. The molecule has 1 rings (SSSR count). The molecule has 0 saturated heterocycles. The fraction of sp³-hybridized carbons (Fsp3) is 0.792. The molecule has 1 aliphatic rings. The van der Waals surface area contributed by atoms with E-state index in [-0.39, 0.29) is 5.91 Å². The van der Waals surface area contributed by atoms with Gasteiger partial charge < -0.3 is 10.6 Å². The minimum atomic E-state index is 0.0638. The first-order valence-corrected chi connectivity index (χ1v) is 11.8. The standard InChI is InChI=1S/C24H45N3O/c1-4-6-7-8-9-10-11-12-13-14-15-16-17-18-24-26-20-22-27(24,5-2)21-19-25-23(3)28/h9-10,20,22,24,26H,4-8,11-19,21H2,1-3H3/p+1/b10-9+. The maximum absolute atomic E-state index is 11.1. The Kier molecular flexibility index (Phi) is 13.8. The predicted octanol–water partition coefficient (Wildman–Crippen LogP) is 5.62. The lowest BCUT2D eigenvalue weighted by Gasteiger charge is -2.37. The van der Waals surface area contributed by atoms with E-state index in [4.69, 9.17) is 0 Å². The highest BCUT2D eigenvalue weighted by molar-refractivity contribution is 5.72. The molecule has 0 aromatic carbocycles. The Balaban J connectivity index is 2.06. The molecule has 0 saturated carbocycles. The van der Waals surface area contributed by atoms with Gasteiger partial charge in [0.25, 0.3) is 0 Å². The van der Waals surface area contributed by atoms with Crippen molar-refractivity contribution in [1.29, 1.82) is 0 Å². The summed E-state index contributed by atoms with van der Waals surface area (Å²) in [7, 11) is 0. The highest BCUT2D eigenvalue weighted by atomic mass is 16.1. The number of hydrogen-bond acceptors (Lipinski definition) is 2. The highest BCUT2D eigenvalue weighted by Gasteiger charge is 2.36. The molecule has 0 aliphatic carbocycles. The summed E-state index contributed by atoms with van der Waals surface area (Å²) in [4.78, 5) is 11.1. The van der Waals surface area contributed by atoms with Gasteiger partial charge in [-0.3, -0.25) is 9.28 Å². The van der Waals surface area contributed by atoms with Crippen molar-refractivity contribution in [3.8, 4) is 0 Å². The van der Waals surface area contributed by atoms with Gasteiger partial charge in [-0.05, 0) is 39.0 Å². The van der Waals surface area contributed by atoms with Crippen LogP contribution in [-0.2, 0) is 4.79 Å². The molecule has 0 radical (unpaired) electrons. The molecular formula is C24H46N3O+. The van der Waals surface area contributed by atoms with Crippen molar-refractivity contribution in [2.24, 2.45) is 0 Å². The lowest BCUT2D eigenvalue weighted by atomic mass is 10.1. The second kappa shape index (κ2) is 15.6. The average molecular weight is 393 g/mol. The molecule has 4 nitrogen and oxygen atoms in total. The van der Waals surface area contributed by atoms with Gasteiger partial charge in [-0.25, -0.2) is 0 Å². The Morgan fingerprint density at radius 2 is 1.64 bits per heavy atom. The van der Waals surface area contributed by atoms with E-state index in [1.165, 1.54) is 77.0 Å². The van der Waals surface area contributed by atoms with E-state index in [9.17, 15) is 4.79 Å². The van der Waals surface area contributed by atoms with Crippen molar-refractivity contribution in [2.45, 2.75) is 104 Å². The number of allylic oxidation sites excluding steroid dienone is 2. The number of nitrogens with one attached hydrogen (secondary N) is 2. The van der Waals surface area contributed by atoms with E-state index in [1.54, 1.807) is 6.92 Å². The van der Waals surface area contributed by atoms with Crippen LogP contribution in [0.1, 0.15) is 97.8 Å². The molecule has 2 N–H and O–H groups in total. The molecule has 1 aliphatic heterocycles. The van der Waals surface area contributed by atoms with Crippen molar-refractivity contribution in [1.82, 2.24) is 10.6 Å². The van der Waals surface area contributed by atoms with Crippen LogP contribution in [0.5, 0.6) is 0 Å². The number of carbonyl (C=O) groups is 1. The van der Waals surface area contributed by atoms with Crippen LogP contribution in [0.15, 0.2) is 24.6 Å². The van der Waals surface area contributed by atoms with Crippen molar-refractivity contribution in [3.05, 3.63) is 24.6 Å². The molecule has 0 bridgehead atoms. The summed E-state index contributed by atoms with van der Waals surface area (Å²) in [6, 6.07) is 0. The molecule has 0 spiro atoms. The molecule has 162 valence electrons. The third-order valence-corrected chi connectivity index (χ3v) is 6.01. The second-order valence-corrected chi connectivity index (χ2v) is 8.29. The first-order chi connectivity index (χ1) is 13.6. The van der Waals surface area contributed by atoms with E-state index >= 15 is 0 Å². The molecule has 0 aromatic rings. The molecule has 2 atom stereocenters. The first kappa shape index (κ1) is 24.7. The van der Waals surface area contributed by atoms with Gasteiger partial charge in [-0.2, -0.15) is 0 Å². The topological polar surface area (TPSA) is 41.1 Å². The van der Waals surface area contributed by atoms with E-state index in [0.29, 0.717) is 6.17 Å². The maximum Gasteiger partial charge on any atom is 0.217 e. The van der Waals surface area contributed by atoms with Crippen LogP contribution in [0.25, 0.3) is 0 Å². The molecule has 4 heteroatoms. The number of likely N-dealkylation sites (N-methyl/N-ethyl adjacent to an activating group) is 1. The smallest absolute Gasteiger partial charge is 0.217 e. The Labute approximate surface area is 174 Å². The van der Waals surface area contributed by atoms with E-state index in [2.05, 4.69) is 49.0 Å². The third kappa shape index (κ3) is 10.3. The summed E-state index contributed by atoms with van der Waals surface area (Å²) in [6.07, 6.45) is 25.5. The number of hydrogen-bond donors (Lipinski definition) is 2. The fourth-order valence-corrected chi connectivity index (χ4v) is 4.10. The van der Waals surface area contributed by atoms with Gasteiger partial charge in [-0.1, -0.05) is 57.6 Å². The largest absolute Gasteiger partial charge is 0.351 e. The lowest BCUT2D eigenvalue weighted by Crippen LogP contribution is -2.55. The summed E-state index contributed by atoms with van der Waals surface area (Å²) < 4.78 is 0.949. The lowest BCUT2D eigenvalue weighted by molar-refractivity contribution is -0.898. The van der Waals surface area contributed by atoms with Crippen LogP contribution in [-0.4, -0.2) is 36.2 Å². The van der Waals surface area contributed by atoms with Crippen molar-refractivity contribution in [2.75, 3.05) is 19.6 Å². The quantitative estimate of drug-likeness (QED) is 0.192. The van der Waals surface area contributed by atoms with Gasteiger partial charge in [0.2, 0.25) is 5.91 Å². The van der Waals surface area contributed by atoms with E-state index in [0.717, 1.165) is 24.1 Å². The van der Waals surface area contributed by atoms with Gasteiger partial charge in [0.15, 0.2) is 6.17 Å². The Bertz CT molecular complexity index is 461. The molecule has 0 fully saturated rings. The third-order valence-electron chi connectivity index (χ3n) is 6.01. The maximum atomic E-state index is 11.1. The van der Waals surface area contributed by atoms with Crippen LogP contribution >= 0.6 is 0 Å². The summed E-state index contributed by atoms with van der Waals surface area (Å²) in [6.45, 7) is 8.89. The van der Waals surface area contributed by atoms with Crippen LogP contribution in [0.4, 0.5) is 0 Å². The summed E-state index contributed by atoms with van der Waals surface area (Å²) in [5.74, 6) is 0.0638. The van der Waals surface area contributed by atoms with Crippen LogP contribution in [0, 0.1) is 0 Å². The zero-order chi connectivity index (χ0) is 20.5. The van der Waals surface area contributed by atoms with Crippen LogP contribution < -0.4 is 10.6 Å². The number of rotatable bonds is 17. The summed E-state index contributed by atoms with van der Waals surface area (Å²) in [5, 5.41) is 6.50. The minimum Gasteiger partial charge on any atom is -0.351 e. The summed E-state index contributed by atoms with van der Waals surface area (Å²) >= 11 is 0. The number of unbranched alkanes of at least 4 members (excludes halogenated alkanes) is 9. The fourth-order valence-electron chi connectivity index (χ4n) is 4.10. The molecule has 1 heterocycles.